The number of pyridine rings is 1. The molecular formula is C19H25N5O. The predicted molar refractivity (Wildman–Crippen MR) is 97.0 cm³/mol. The van der Waals surface area contributed by atoms with Crippen LogP contribution in [0.3, 0.4) is 0 Å². The smallest absolute Gasteiger partial charge is 0.225 e. The number of carbonyl (C=O) groups excluding carboxylic acids is 1. The van der Waals surface area contributed by atoms with Crippen LogP contribution in [0, 0.1) is 12.3 Å². The van der Waals surface area contributed by atoms with Gasteiger partial charge in [0.15, 0.2) is 0 Å². The summed E-state index contributed by atoms with van der Waals surface area (Å²) < 4.78 is 0. The molecule has 2 aromatic rings. The van der Waals surface area contributed by atoms with Crippen molar-refractivity contribution in [3.63, 3.8) is 0 Å². The van der Waals surface area contributed by atoms with E-state index in [-0.39, 0.29) is 5.91 Å². The third kappa shape index (κ3) is 4.13. The molecule has 1 amide bonds. The lowest BCUT2D eigenvalue weighted by atomic mass is 9.75. The van der Waals surface area contributed by atoms with Gasteiger partial charge in [0.05, 0.1) is 5.41 Å². The van der Waals surface area contributed by atoms with Gasteiger partial charge in [-0.3, -0.25) is 9.78 Å². The molecule has 0 aliphatic carbocycles. The second kappa shape index (κ2) is 7.59. The Morgan fingerprint density at radius 1 is 1.32 bits per heavy atom. The number of nitrogens with two attached hydrogens (primary N) is 1. The summed E-state index contributed by atoms with van der Waals surface area (Å²) in [5, 5.41) is 0. The number of aryl methyl sites for hydroxylation is 2. The van der Waals surface area contributed by atoms with Crippen LogP contribution in [-0.2, 0) is 11.2 Å². The third-order valence-electron chi connectivity index (χ3n) is 5.03. The number of rotatable bonds is 6. The second-order valence-electron chi connectivity index (χ2n) is 6.86. The molecule has 1 unspecified atom stereocenters. The van der Waals surface area contributed by atoms with Crippen LogP contribution in [0.25, 0.3) is 0 Å². The summed E-state index contributed by atoms with van der Waals surface area (Å²) in [6.07, 6.45) is 7.70. The molecule has 6 nitrogen and oxygen atoms in total. The van der Waals surface area contributed by atoms with Gasteiger partial charge in [0.1, 0.15) is 12.1 Å². The van der Waals surface area contributed by atoms with E-state index in [1.807, 2.05) is 31.2 Å². The van der Waals surface area contributed by atoms with Gasteiger partial charge in [0.2, 0.25) is 5.91 Å². The van der Waals surface area contributed by atoms with Gasteiger partial charge in [-0.05, 0) is 51.2 Å². The Labute approximate surface area is 148 Å². The molecule has 1 aliphatic rings. The number of amides is 1. The van der Waals surface area contributed by atoms with Gasteiger partial charge in [0.25, 0.3) is 0 Å². The highest BCUT2D eigenvalue weighted by atomic mass is 16.1. The van der Waals surface area contributed by atoms with Crippen molar-refractivity contribution in [3.05, 3.63) is 48.2 Å². The van der Waals surface area contributed by atoms with Crippen molar-refractivity contribution in [2.24, 2.45) is 11.1 Å². The normalized spacial score (nSPS) is 20.4. The monoisotopic (exact) mass is 339 g/mol. The summed E-state index contributed by atoms with van der Waals surface area (Å²) in [7, 11) is 0. The van der Waals surface area contributed by atoms with E-state index in [0.717, 1.165) is 55.9 Å². The molecule has 1 saturated heterocycles. The first-order valence-electron chi connectivity index (χ1n) is 8.82. The fourth-order valence-electron chi connectivity index (χ4n) is 3.62. The number of hydrogen-bond acceptors (Lipinski definition) is 5. The Bertz CT molecular complexity index is 721. The fraction of sp³-hybridized carbons (Fsp3) is 0.474. The van der Waals surface area contributed by atoms with Crippen molar-refractivity contribution >= 4 is 11.7 Å². The number of aromatic nitrogens is 3. The zero-order valence-corrected chi connectivity index (χ0v) is 14.7. The number of primary amides is 1. The highest BCUT2D eigenvalue weighted by molar-refractivity contribution is 5.81. The van der Waals surface area contributed by atoms with Gasteiger partial charge >= 0.3 is 0 Å². The minimum absolute atomic E-state index is 0.205. The van der Waals surface area contributed by atoms with Crippen LogP contribution in [0.15, 0.2) is 36.8 Å². The van der Waals surface area contributed by atoms with E-state index >= 15 is 0 Å². The summed E-state index contributed by atoms with van der Waals surface area (Å²) >= 11 is 0. The quantitative estimate of drug-likeness (QED) is 0.872. The van der Waals surface area contributed by atoms with Crippen LogP contribution >= 0.6 is 0 Å². The zero-order chi connectivity index (χ0) is 17.7. The Balaban J connectivity index is 1.69. The lowest BCUT2D eigenvalue weighted by Crippen LogP contribution is -2.51. The minimum Gasteiger partial charge on any atom is -0.369 e. The van der Waals surface area contributed by atoms with E-state index in [1.54, 1.807) is 12.5 Å². The summed E-state index contributed by atoms with van der Waals surface area (Å²) in [6.45, 7) is 3.47. The molecule has 2 aromatic heterocycles. The summed E-state index contributed by atoms with van der Waals surface area (Å²) in [4.78, 5) is 27.4. The molecular weight excluding hydrogens is 314 g/mol. The summed E-state index contributed by atoms with van der Waals surface area (Å²) in [5.41, 5.74) is 7.33. The lowest BCUT2D eigenvalue weighted by molar-refractivity contribution is -0.128. The van der Waals surface area contributed by atoms with Gasteiger partial charge in [0, 0.05) is 36.7 Å². The van der Waals surface area contributed by atoms with Crippen LogP contribution in [0.1, 0.15) is 37.1 Å². The van der Waals surface area contributed by atoms with Crippen molar-refractivity contribution in [2.45, 2.75) is 39.0 Å². The van der Waals surface area contributed by atoms with Crippen molar-refractivity contribution in [1.82, 2.24) is 15.0 Å². The molecule has 1 atom stereocenters. The average Bonchev–Trinajstić information content (AvgIpc) is 2.63. The van der Waals surface area contributed by atoms with Gasteiger partial charge < -0.3 is 10.6 Å². The van der Waals surface area contributed by atoms with Crippen molar-refractivity contribution < 1.29 is 4.79 Å². The summed E-state index contributed by atoms with van der Waals surface area (Å²) in [6, 6.07) is 7.89. The molecule has 1 fully saturated rings. The van der Waals surface area contributed by atoms with Crippen LogP contribution in [0.2, 0.25) is 0 Å². The molecule has 132 valence electrons. The van der Waals surface area contributed by atoms with E-state index in [1.165, 1.54) is 0 Å². The van der Waals surface area contributed by atoms with E-state index < -0.39 is 5.41 Å². The zero-order valence-electron chi connectivity index (χ0n) is 14.7. The van der Waals surface area contributed by atoms with Gasteiger partial charge in [-0.25, -0.2) is 9.97 Å². The Morgan fingerprint density at radius 2 is 2.20 bits per heavy atom. The Kier molecular flexibility index (Phi) is 5.26. The van der Waals surface area contributed by atoms with Crippen molar-refractivity contribution in [2.75, 3.05) is 18.0 Å². The third-order valence-corrected chi connectivity index (χ3v) is 5.03. The number of nitrogens with zero attached hydrogens (tertiary/aromatic N) is 4. The van der Waals surface area contributed by atoms with Crippen molar-refractivity contribution in [3.8, 4) is 0 Å². The molecule has 0 saturated carbocycles. The first-order chi connectivity index (χ1) is 12.1. The maximum Gasteiger partial charge on any atom is 0.225 e. The van der Waals surface area contributed by atoms with Crippen LogP contribution in [0.4, 0.5) is 5.82 Å². The molecule has 25 heavy (non-hydrogen) atoms. The molecule has 3 heterocycles. The molecule has 6 heteroatoms. The predicted octanol–water partition coefficient (Wildman–Crippen LogP) is 2.27. The molecule has 0 spiro atoms. The SMILES string of the molecule is Cc1cc(N2CCCC(CCCc3ccccn3)(C(N)=O)C2)ncn1. The highest BCUT2D eigenvalue weighted by Crippen LogP contribution is 2.36. The van der Waals surface area contributed by atoms with Crippen LogP contribution in [-0.4, -0.2) is 33.9 Å². The molecule has 0 aromatic carbocycles. The first kappa shape index (κ1) is 17.3. The van der Waals surface area contributed by atoms with E-state index in [0.29, 0.717) is 6.54 Å². The van der Waals surface area contributed by atoms with Gasteiger partial charge in [-0.2, -0.15) is 0 Å². The lowest BCUT2D eigenvalue weighted by Gasteiger charge is -2.41. The van der Waals surface area contributed by atoms with E-state index in [4.69, 9.17) is 5.73 Å². The highest BCUT2D eigenvalue weighted by Gasteiger charge is 2.40. The number of piperidine rings is 1. The fourth-order valence-corrected chi connectivity index (χ4v) is 3.62. The Hall–Kier alpha value is -2.50. The first-order valence-corrected chi connectivity index (χ1v) is 8.82. The van der Waals surface area contributed by atoms with E-state index in [9.17, 15) is 4.79 Å². The molecule has 3 rings (SSSR count). The molecule has 0 bridgehead atoms. The second-order valence-corrected chi connectivity index (χ2v) is 6.86. The average molecular weight is 339 g/mol. The molecule has 0 radical (unpaired) electrons. The Morgan fingerprint density at radius 3 is 2.92 bits per heavy atom. The van der Waals surface area contributed by atoms with Crippen LogP contribution in [0.5, 0.6) is 0 Å². The van der Waals surface area contributed by atoms with Crippen LogP contribution < -0.4 is 10.6 Å². The van der Waals surface area contributed by atoms with Gasteiger partial charge in [-0.15, -0.1) is 0 Å². The molecule has 2 N–H and O–H groups in total. The number of anilines is 1. The maximum atomic E-state index is 12.3. The summed E-state index contributed by atoms with van der Waals surface area (Å²) in [5.74, 6) is 0.673. The largest absolute Gasteiger partial charge is 0.369 e. The number of carbonyl (C=O) groups is 1. The van der Waals surface area contributed by atoms with Crippen molar-refractivity contribution in [1.29, 1.82) is 0 Å². The van der Waals surface area contributed by atoms with E-state index in [2.05, 4.69) is 19.9 Å². The van der Waals surface area contributed by atoms with Gasteiger partial charge in [-0.1, -0.05) is 6.07 Å². The minimum atomic E-state index is -0.494. The standard InChI is InChI=1S/C19H25N5O/c1-15-12-17(23-14-22-15)24-11-5-9-19(13-24,18(20)25)8-4-7-16-6-2-3-10-21-16/h2-3,6,10,12,14H,4-5,7-9,11,13H2,1H3,(H2,20,25). The molecule has 1 aliphatic heterocycles. The maximum absolute atomic E-state index is 12.3. The topological polar surface area (TPSA) is 85.0 Å². The number of hydrogen-bond donors (Lipinski definition) is 1.